The molecular weight excluding hydrogens is 365 g/mol. The highest BCUT2D eigenvalue weighted by atomic mass is 32.2. The number of hydrogen-bond donors (Lipinski definition) is 2. The predicted octanol–water partition coefficient (Wildman–Crippen LogP) is 4.30. The first kappa shape index (κ1) is 17.6. The van der Waals surface area contributed by atoms with E-state index in [-0.39, 0.29) is 29.7 Å². The number of aliphatic imine (C=N–C) groups is 1. The van der Waals surface area contributed by atoms with Crippen molar-refractivity contribution in [1.29, 1.82) is 0 Å². The molecule has 8 heteroatoms. The minimum atomic E-state index is -1.08. The van der Waals surface area contributed by atoms with Gasteiger partial charge in [0.1, 0.15) is 5.83 Å². The van der Waals surface area contributed by atoms with Crippen LogP contribution in [0.5, 0.6) is 0 Å². The fourth-order valence-electron chi connectivity index (χ4n) is 2.85. The smallest absolute Gasteiger partial charge is 0.307 e. The molecule has 0 radical (unpaired) electrons. The van der Waals surface area contributed by atoms with Gasteiger partial charge in [-0.3, -0.25) is 14.6 Å². The topological polar surface area (TPSA) is 87.0 Å². The Bertz CT molecular complexity index is 921. The van der Waals surface area contributed by atoms with Gasteiger partial charge in [0.05, 0.1) is 26.8 Å². The largest absolute Gasteiger partial charge is 0.505 e. The number of Topliss-reactive ketones (excluding diaryl/α,β-unsaturated/α-hetero) is 1. The molecule has 0 aromatic carbocycles. The van der Waals surface area contributed by atoms with Gasteiger partial charge in [-0.05, 0) is 30.9 Å². The van der Waals surface area contributed by atoms with E-state index in [9.17, 15) is 19.1 Å². The highest BCUT2D eigenvalue weighted by Gasteiger charge is 2.37. The number of thioether (sulfide) groups is 1. The van der Waals surface area contributed by atoms with Gasteiger partial charge in [-0.25, -0.2) is 4.39 Å². The number of thiophene rings is 1. The summed E-state index contributed by atoms with van der Waals surface area (Å²) < 4.78 is 15.1. The number of aliphatic carboxylic acids is 1. The molecule has 130 valence electrons. The average Bonchev–Trinajstić information content (AvgIpc) is 3.14. The minimum absolute atomic E-state index is 0.204. The standard InChI is InChI=1S/C17H14FNO4S2/c1-7-8(5-12(20)21)14-10(19-7)6-9(18)16(22)15(14)17(23)11-3-4-13(24-2)25-11/h3-4,22H,5-6H2,1-2H3,(H,20,21). The first-order valence-corrected chi connectivity index (χ1v) is 9.38. The van der Waals surface area contributed by atoms with E-state index in [0.717, 1.165) is 4.21 Å². The lowest BCUT2D eigenvalue weighted by Crippen LogP contribution is -2.19. The Hall–Kier alpha value is -2.19. The summed E-state index contributed by atoms with van der Waals surface area (Å²) in [6.45, 7) is 1.62. The number of aliphatic hydroxyl groups is 1. The highest BCUT2D eigenvalue weighted by Crippen LogP contribution is 2.41. The van der Waals surface area contributed by atoms with Gasteiger partial charge in [0.2, 0.25) is 5.78 Å². The van der Waals surface area contributed by atoms with Gasteiger partial charge in [0.25, 0.3) is 0 Å². The van der Waals surface area contributed by atoms with Gasteiger partial charge in [-0.15, -0.1) is 23.1 Å². The van der Waals surface area contributed by atoms with Gasteiger partial charge in [0.15, 0.2) is 5.76 Å². The van der Waals surface area contributed by atoms with E-state index in [2.05, 4.69) is 4.99 Å². The lowest BCUT2D eigenvalue weighted by Gasteiger charge is -2.19. The number of fused-ring (bicyclic) bond motifs is 1. The van der Waals surface area contributed by atoms with Gasteiger partial charge in [-0.2, -0.15) is 0 Å². The van der Waals surface area contributed by atoms with Crippen molar-refractivity contribution in [3.63, 3.8) is 0 Å². The number of allylic oxidation sites excluding steroid dienone is 4. The zero-order valence-electron chi connectivity index (χ0n) is 13.4. The third kappa shape index (κ3) is 3.07. The highest BCUT2D eigenvalue weighted by molar-refractivity contribution is 8.00. The third-order valence-corrected chi connectivity index (χ3v) is 6.12. The molecule has 2 heterocycles. The van der Waals surface area contributed by atoms with Crippen LogP contribution < -0.4 is 0 Å². The Labute approximate surface area is 151 Å². The molecule has 0 spiro atoms. The number of hydrogen-bond acceptors (Lipinski definition) is 6. The third-order valence-electron chi connectivity index (χ3n) is 3.96. The molecule has 5 nitrogen and oxygen atoms in total. The van der Waals surface area contributed by atoms with E-state index >= 15 is 0 Å². The zero-order chi connectivity index (χ0) is 18.3. The monoisotopic (exact) mass is 379 g/mol. The van der Waals surface area contributed by atoms with Crippen molar-refractivity contribution >= 4 is 40.6 Å². The maximum Gasteiger partial charge on any atom is 0.307 e. The zero-order valence-corrected chi connectivity index (χ0v) is 15.1. The molecule has 1 aliphatic carbocycles. The predicted molar refractivity (Wildman–Crippen MR) is 95.2 cm³/mol. The van der Waals surface area contributed by atoms with Crippen molar-refractivity contribution in [2.45, 2.75) is 24.0 Å². The van der Waals surface area contributed by atoms with Crippen molar-refractivity contribution in [3.8, 4) is 0 Å². The van der Waals surface area contributed by atoms with E-state index in [4.69, 9.17) is 5.11 Å². The van der Waals surface area contributed by atoms with Crippen molar-refractivity contribution in [1.82, 2.24) is 0 Å². The molecule has 0 saturated carbocycles. The summed E-state index contributed by atoms with van der Waals surface area (Å²) in [5, 5.41) is 19.4. The van der Waals surface area contributed by atoms with E-state index in [0.29, 0.717) is 16.1 Å². The molecule has 0 fully saturated rings. The number of ketones is 1. The number of aliphatic hydroxyl groups excluding tert-OH is 1. The van der Waals surface area contributed by atoms with Crippen LogP contribution in [-0.2, 0) is 4.79 Å². The van der Waals surface area contributed by atoms with Gasteiger partial charge >= 0.3 is 5.97 Å². The summed E-state index contributed by atoms with van der Waals surface area (Å²) in [6.07, 6.45) is 1.28. The molecule has 0 amide bonds. The molecular formula is C17H14FNO4S2. The number of carbonyl (C=O) groups is 2. The SMILES string of the molecule is CSc1ccc(C(=O)C2=C3C(=NC(C)=C3CC(=O)O)CC(F)=C2O)s1. The van der Waals surface area contributed by atoms with Crippen LogP contribution in [0.2, 0.25) is 0 Å². The van der Waals surface area contributed by atoms with Crippen LogP contribution >= 0.6 is 23.1 Å². The van der Waals surface area contributed by atoms with Crippen LogP contribution in [-0.4, -0.2) is 33.9 Å². The molecule has 2 aliphatic rings. The van der Waals surface area contributed by atoms with Crippen molar-refractivity contribution in [3.05, 3.63) is 51.0 Å². The first-order valence-electron chi connectivity index (χ1n) is 7.34. The number of carbonyl (C=O) groups excluding carboxylic acids is 1. The Morgan fingerprint density at radius 1 is 1.40 bits per heavy atom. The number of carboxylic acids is 1. The fraction of sp³-hybridized carbons (Fsp3) is 0.235. The van der Waals surface area contributed by atoms with Gasteiger partial charge in [-0.1, -0.05) is 0 Å². The molecule has 1 aromatic heterocycles. The Kier molecular flexibility index (Phi) is 4.66. The van der Waals surface area contributed by atoms with Crippen LogP contribution in [0.1, 0.15) is 29.4 Å². The van der Waals surface area contributed by atoms with Crippen molar-refractivity contribution < 1.29 is 24.2 Å². The van der Waals surface area contributed by atoms with Crippen LogP contribution in [0.15, 0.2) is 55.3 Å². The van der Waals surface area contributed by atoms with E-state index in [1.54, 1.807) is 19.1 Å². The van der Waals surface area contributed by atoms with E-state index in [1.165, 1.54) is 23.1 Å². The summed E-state index contributed by atoms with van der Waals surface area (Å²) in [6, 6.07) is 3.39. The second-order valence-corrected chi connectivity index (χ2v) is 7.72. The van der Waals surface area contributed by atoms with Gasteiger partial charge < -0.3 is 10.2 Å². The second kappa shape index (κ2) is 6.61. The number of halogens is 1. The number of nitrogens with zero attached hydrogens (tertiary/aromatic N) is 1. The molecule has 0 atom stereocenters. The maximum absolute atomic E-state index is 14.2. The molecule has 3 rings (SSSR count). The molecule has 25 heavy (non-hydrogen) atoms. The van der Waals surface area contributed by atoms with E-state index < -0.39 is 23.3 Å². The second-order valence-electron chi connectivity index (χ2n) is 5.53. The molecule has 1 aromatic rings. The minimum Gasteiger partial charge on any atom is -0.505 e. The fourth-order valence-corrected chi connectivity index (χ4v) is 4.34. The van der Waals surface area contributed by atoms with Crippen LogP contribution in [0.25, 0.3) is 0 Å². The Morgan fingerprint density at radius 3 is 2.72 bits per heavy atom. The number of carboxylic acid groups (broad SMARTS) is 1. The molecule has 0 saturated heterocycles. The Morgan fingerprint density at radius 2 is 2.12 bits per heavy atom. The molecule has 2 N–H and O–H groups in total. The molecule has 0 bridgehead atoms. The molecule has 0 unspecified atom stereocenters. The lowest BCUT2D eigenvalue weighted by atomic mass is 9.85. The van der Waals surface area contributed by atoms with Crippen LogP contribution in [0.3, 0.4) is 0 Å². The van der Waals surface area contributed by atoms with Crippen molar-refractivity contribution in [2.24, 2.45) is 4.99 Å². The normalized spacial score (nSPS) is 17.2. The summed E-state index contributed by atoms with van der Waals surface area (Å²) in [5.74, 6) is -3.18. The van der Waals surface area contributed by atoms with Crippen LogP contribution in [0.4, 0.5) is 4.39 Å². The van der Waals surface area contributed by atoms with Gasteiger partial charge in [0, 0.05) is 17.7 Å². The Balaban J connectivity index is 2.17. The summed E-state index contributed by atoms with van der Waals surface area (Å²) >= 11 is 2.71. The lowest BCUT2D eigenvalue weighted by molar-refractivity contribution is -0.136. The quantitative estimate of drug-likeness (QED) is 0.588. The number of rotatable bonds is 5. The average molecular weight is 379 g/mol. The molecule has 1 aliphatic heterocycles. The van der Waals surface area contributed by atoms with Crippen LogP contribution in [0, 0.1) is 0 Å². The maximum atomic E-state index is 14.2. The van der Waals surface area contributed by atoms with E-state index in [1.807, 2.05) is 6.26 Å². The summed E-state index contributed by atoms with van der Waals surface area (Å²) in [7, 11) is 0. The summed E-state index contributed by atoms with van der Waals surface area (Å²) in [5.41, 5.74) is 1.10. The van der Waals surface area contributed by atoms with Crippen molar-refractivity contribution in [2.75, 3.05) is 6.26 Å². The summed E-state index contributed by atoms with van der Waals surface area (Å²) in [4.78, 5) is 28.7. The first-order chi connectivity index (χ1) is 11.8.